The molecule has 0 bridgehead atoms. The molecule has 1 aliphatic rings. The van der Waals surface area contributed by atoms with E-state index in [-0.39, 0.29) is 11.7 Å². The first-order valence-electron chi connectivity index (χ1n) is 9.39. The molecule has 0 spiro atoms. The van der Waals surface area contributed by atoms with E-state index in [4.69, 9.17) is 16.3 Å². The van der Waals surface area contributed by atoms with Crippen molar-refractivity contribution in [3.63, 3.8) is 0 Å². The maximum Gasteiger partial charge on any atom is 0.291 e. The van der Waals surface area contributed by atoms with Gasteiger partial charge in [0.2, 0.25) is 4.96 Å². The van der Waals surface area contributed by atoms with Gasteiger partial charge in [0.25, 0.3) is 5.56 Å². The van der Waals surface area contributed by atoms with Crippen molar-refractivity contribution in [2.24, 2.45) is 0 Å². The Labute approximate surface area is 181 Å². The fourth-order valence-electron chi connectivity index (χ4n) is 3.24. The summed E-state index contributed by atoms with van der Waals surface area (Å²) in [6.07, 6.45) is 7.45. The molecule has 4 aromatic rings. The molecule has 30 heavy (non-hydrogen) atoms. The monoisotopic (exact) mass is 433 g/mol. The Morgan fingerprint density at radius 2 is 1.93 bits per heavy atom. The lowest BCUT2D eigenvalue weighted by Gasteiger charge is -2.22. The van der Waals surface area contributed by atoms with Gasteiger partial charge in [0.05, 0.1) is 4.53 Å². The molecule has 1 aliphatic heterocycles. The third-order valence-corrected chi connectivity index (χ3v) is 6.02. The fourth-order valence-corrected chi connectivity index (χ4v) is 4.28. The van der Waals surface area contributed by atoms with Crippen LogP contribution in [0.4, 0.5) is 0 Å². The highest BCUT2D eigenvalue weighted by atomic mass is 35.5. The molecule has 0 saturated carbocycles. The van der Waals surface area contributed by atoms with Crippen LogP contribution in [0.5, 0.6) is 5.75 Å². The van der Waals surface area contributed by atoms with E-state index in [9.17, 15) is 4.79 Å². The highest BCUT2D eigenvalue weighted by Crippen LogP contribution is 2.29. The number of halogens is 1. The van der Waals surface area contributed by atoms with Gasteiger partial charge in [-0.3, -0.25) is 4.79 Å². The highest BCUT2D eigenvalue weighted by Gasteiger charge is 2.18. The number of ether oxygens (including phenoxy) is 1. The Morgan fingerprint density at radius 1 is 1.13 bits per heavy atom. The van der Waals surface area contributed by atoms with E-state index < -0.39 is 0 Å². The standard InChI is InChI=1S/C23H16ClN3O2S/c1-14-17(12-16-4-2-3-5-19(16)29-14)13-20-22(28)27-23(30-20)25-21(26-27)11-8-15-6-9-18(24)10-7-15/h2-14H,1H3. The summed E-state index contributed by atoms with van der Waals surface area (Å²) in [6.45, 7) is 1.97. The Hall–Kier alpha value is -3.22. The molecule has 0 N–H and O–H groups in total. The van der Waals surface area contributed by atoms with Crippen LogP contribution in [0.1, 0.15) is 23.9 Å². The quantitative estimate of drug-likeness (QED) is 0.482. The molecule has 0 saturated heterocycles. The van der Waals surface area contributed by atoms with Crippen molar-refractivity contribution in [2.75, 3.05) is 0 Å². The molecule has 0 aliphatic carbocycles. The Morgan fingerprint density at radius 3 is 2.73 bits per heavy atom. The normalized spacial score (nSPS) is 16.7. The van der Waals surface area contributed by atoms with E-state index in [1.165, 1.54) is 15.9 Å². The number of aromatic nitrogens is 3. The fraction of sp³-hybridized carbons (Fsp3) is 0.0870. The average molecular weight is 434 g/mol. The maximum absolute atomic E-state index is 12.8. The van der Waals surface area contributed by atoms with Crippen molar-refractivity contribution in [1.29, 1.82) is 0 Å². The van der Waals surface area contributed by atoms with Gasteiger partial charge >= 0.3 is 0 Å². The first-order valence-corrected chi connectivity index (χ1v) is 10.6. The van der Waals surface area contributed by atoms with E-state index in [0.29, 0.717) is 20.3 Å². The molecule has 5 nitrogen and oxygen atoms in total. The number of rotatable bonds is 3. The Balaban J connectivity index is 1.48. The molecular weight excluding hydrogens is 418 g/mol. The zero-order valence-electron chi connectivity index (χ0n) is 15.9. The second-order valence-corrected chi connectivity index (χ2v) is 8.35. The lowest BCUT2D eigenvalue weighted by molar-refractivity contribution is 0.259. The molecular formula is C23H16ClN3O2S. The minimum Gasteiger partial charge on any atom is -0.485 e. The topological polar surface area (TPSA) is 56.5 Å². The molecule has 3 heterocycles. The Kier molecular flexibility index (Phi) is 4.73. The van der Waals surface area contributed by atoms with Gasteiger partial charge in [-0.15, -0.1) is 5.10 Å². The molecule has 1 unspecified atom stereocenters. The molecule has 5 rings (SSSR count). The predicted octanol–water partition coefficient (Wildman–Crippen LogP) is 4.34. The molecule has 148 valence electrons. The summed E-state index contributed by atoms with van der Waals surface area (Å²) in [5.41, 5.74) is 2.74. The van der Waals surface area contributed by atoms with Crippen LogP contribution < -0.4 is 14.8 Å². The maximum atomic E-state index is 12.8. The SMILES string of the molecule is CC1Oc2ccccc2C=C1C=c1sc2nc(C=Cc3ccc(Cl)cc3)nn2c1=O. The summed E-state index contributed by atoms with van der Waals surface area (Å²) >= 11 is 7.22. The van der Waals surface area contributed by atoms with E-state index in [2.05, 4.69) is 16.2 Å². The van der Waals surface area contributed by atoms with Gasteiger partial charge in [-0.25, -0.2) is 0 Å². The minimum atomic E-state index is -0.180. The van der Waals surface area contributed by atoms with Crippen molar-refractivity contribution in [3.8, 4) is 5.75 Å². The summed E-state index contributed by atoms with van der Waals surface area (Å²) in [7, 11) is 0. The second kappa shape index (κ2) is 7.55. The number of nitrogens with zero attached hydrogens (tertiary/aromatic N) is 3. The van der Waals surface area contributed by atoms with Gasteiger partial charge < -0.3 is 4.74 Å². The van der Waals surface area contributed by atoms with Gasteiger partial charge in [0.1, 0.15) is 11.9 Å². The van der Waals surface area contributed by atoms with Crippen LogP contribution in [-0.2, 0) is 0 Å². The zero-order chi connectivity index (χ0) is 20.7. The predicted molar refractivity (Wildman–Crippen MR) is 122 cm³/mol. The second-order valence-electron chi connectivity index (χ2n) is 6.91. The highest BCUT2D eigenvalue weighted by molar-refractivity contribution is 7.15. The van der Waals surface area contributed by atoms with Crippen LogP contribution in [-0.4, -0.2) is 20.7 Å². The molecule has 2 aromatic carbocycles. The first-order chi connectivity index (χ1) is 14.6. The number of benzene rings is 2. The molecule has 7 heteroatoms. The number of hydrogen-bond donors (Lipinski definition) is 0. The van der Waals surface area contributed by atoms with Crippen molar-refractivity contribution in [2.45, 2.75) is 13.0 Å². The summed E-state index contributed by atoms with van der Waals surface area (Å²) < 4.78 is 7.89. The van der Waals surface area contributed by atoms with Crippen LogP contribution in [0.3, 0.4) is 0 Å². The molecule has 2 aromatic heterocycles. The third kappa shape index (κ3) is 3.56. The van der Waals surface area contributed by atoms with Gasteiger partial charge in [0.15, 0.2) is 5.82 Å². The molecule has 0 fully saturated rings. The first kappa shape index (κ1) is 18.8. The van der Waals surface area contributed by atoms with Crippen LogP contribution in [0.2, 0.25) is 5.02 Å². The van der Waals surface area contributed by atoms with Crippen LogP contribution in [0.15, 0.2) is 58.9 Å². The van der Waals surface area contributed by atoms with E-state index in [1.54, 1.807) is 6.08 Å². The van der Waals surface area contributed by atoms with Gasteiger partial charge in [0, 0.05) is 10.6 Å². The summed E-state index contributed by atoms with van der Waals surface area (Å²) in [5, 5.41) is 5.02. The average Bonchev–Trinajstić information content (AvgIpc) is 3.27. The van der Waals surface area contributed by atoms with Gasteiger partial charge in [-0.1, -0.05) is 59.3 Å². The lowest BCUT2D eigenvalue weighted by Crippen LogP contribution is -2.26. The number of hydrogen-bond acceptors (Lipinski definition) is 5. The van der Waals surface area contributed by atoms with Gasteiger partial charge in [-0.05, 0) is 54.5 Å². The van der Waals surface area contributed by atoms with Crippen LogP contribution in [0.25, 0.3) is 29.3 Å². The summed E-state index contributed by atoms with van der Waals surface area (Å²) in [6, 6.07) is 15.3. The molecule has 1 atom stereocenters. The van der Waals surface area contributed by atoms with E-state index >= 15 is 0 Å². The summed E-state index contributed by atoms with van der Waals surface area (Å²) in [5.74, 6) is 1.34. The van der Waals surface area contributed by atoms with Crippen molar-refractivity contribution >= 4 is 52.2 Å². The van der Waals surface area contributed by atoms with E-state index in [1.807, 2.05) is 67.6 Å². The number of fused-ring (bicyclic) bond motifs is 2. The zero-order valence-corrected chi connectivity index (χ0v) is 17.5. The van der Waals surface area contributed by atoms with Gasteiger partial charge in [-0.2, -0.15) is 9.50 Å². The smallest absolute Gasteiger partial charge is 0.291 e. The Bertz CT molecular complexity index is 1420. The lowest BCUT2D eigenvalue weighted by atomic mass is 10.0. The third-order valence-electron chi connectivity index (χ3n) is 4.81. The van der Waals surface area contributed by atoms with Crippen LogP contribution in [0, 0.1) is 0 Å². The molecule has 0 amide bonds. The van der Waals surface area contributed by atoms with Crippen molar-refractivity contribution in [3.05, 3.63) is 91.0 Å². The minimum absolute atomic E-state index is 0.139. The van der Waals surface area contributed by atoms with Crippen molar-refractivity contribution in [1.82, 2.24) is 14.6 Å². The van der Waals surface area contributed by atoms with E-state index in [0.717, 1.165) is 22.4 Å². The van der Waals surface area contributed by atoms with Crippen molar-refractivity contribution < 1.29 is 4.74 Å². The number of thiazole rings is 1. The largest absolute Gasteiger partial charge is 0.485 e. The van der Waals surface area contributed by atoms with Crippen LogP contribution >= 0.6 is 22.9 Å². The number of para-hydroxylation sites is 1. The molecule has 0 radical (unpaired) electrons. The summed E-state index contributed by atoms with van der Waals surface area (Å²) in [4.78, 5) is 17.8.